The minimum atomic E-state index is -0.914. The molecule has 1 aromatic carbocycles. The van der Waals surface area contributed by atoms with Gasteiger partial charge in [0.15, 0.2) is 0 Å². The van der Waals surface area contributed by atoms with E-state index < -0.39 is 5.97 Å². The van der Waals surface area contributed by atoms with Crippen molar-refractivity contribution in [2.24, 2.45) is 5.41 Å². The van der Waals surface area contributed by atoms with E-state index in [1.807, 2.05) is 0 Å². The first-order chi connectivity index (χ1) is 9.61. The van der Waals surface area contributed by atoms with Crippen molar-refractivity contribution in [3.63, 3.8) is 0 Å². The van der Waals surface area contributed by atoms with Gasteiger partial charge in [0.05, 0.1) is 10.0 Å². The molecule has 0 bridgehead atoms. The first-order valence-corrected chi connectivity index (χ1v) is 8.10. The van der Waals surface area contributed by atoms with Gasteiger partial charge in [0.2, 0.25) is 0 Å². The summed E-state index contributed by atoms with van der Waals surface area (Å²) in [6.07, 6.45) is 9.06. The van der Waals surface area contributed by atoms with Crippen LogP contribution in [0.3, 0.4) is 0 Å². The Kier molecular flexibility index (Phi) is 3.76. The molecule has 0 saturated heterocycles. The predicted molar refractivity (Wildman–Crippen MR) is 80.3 cm³/mol. The summed E-state index contributed by atoms with van der Waals surface area (Å²) < 4.78 is 6.99. The highest BCUT2D eigenvalue weighted by molar-refractivity contribution is 9.10. The number of aromatic carboxylic acids is 1. The first kappa shape index (κ1) is 13.9. The molecule has 1 unspecified atom stereocenters. The summed E-state index contributed by atoms with van der Waals surface area (Å²) in [5, 5.41) is 9.08. The van der Waals surface area contributed by atoms with Crippen molar-refractivity contribution in [3.8, 4) is 5.75 Å². The monoisotopic (exact) mass is 338 g/mol. The zero-order valence-corrected chi connectivity index (χ0v) is 13.0. The molecule has 3 rings (SSSR count). The summed E-state index contributed by atoms with van der Waals surface area (Å²) in [5.41, 5.74) is 0.636. The molecule has 0 aliphatic heterocycles. The van der Waals surface area contributed by atoms with Crippen LogP contribution in [0, 0.1) is 5.41 Å². The number of hydrogen-bond donors (Lipinski definition) is 1. The molecule has 3 nitrogen and oxygen atoms in total. The number of halogens is 1. The van der Waals surface area contributed by atoms with Crippen LogP contribution in [0.15, 0.2) is 22.7 Å². The second kappa shape index (κ2) is 5.40. The highest BCUT2D eigenvalue weighted by Gasteiger charge is 2.48. The fraction of sp³-hybridized carbons (Fsp3) is 0.562. The zero-order chi connectivity index (χ0) is 14.2. The fourth-order valence-electron chi connectivity index (χ4n) is 3.56. The van der Waals surface area contributed by atoms with E-state index in [9.17, 15) is 4.79 Å². The van der Waals surface area contributed by atoms with Gasteiger partial charge in [-0.2, -0.15) is 0 Å². The summed E-state index contributed by atoms with van der Waals surface area (Å²) >= 11 is 3.46. The lowest BCUT2D eigenvalue weighted by Gasteiger charge is -2.51. The number of carboxylic acid groups (broad SMARTS) is 1. The Labute approximate surface area is 127 Å². The van der Waals surface area contributed by atoms with E-state index in [1.54, 1.807) is 18.2 Å². The third-order valence-corrected chi connectivity index (χ3v) is 5.54. The summed E-state index contributed by atoms with van der Waals surface area (Å²) in [5.74, 6) is -0.247. The molecule has 1 aromatic rings. The van der Waals surface area contributed by atoms with Crippen molar-refractivity contribution in [1.82, 2.24) is 0 Å². The molecule has 0 amide bonds. The Balaban J connectivity index is 1.77. The summed E-state index contributed by atoms with van der Waals surface area (Å²) in [7, 11) is 0. The van der Waals surface area contributed by atoms with Gasteiger partial charge in [0, 0.05) is 5.41 Å². The van der Waals surface area contributed by atoms with E-state index in [1.165, 1.54) is 38.5 Å². The van der Waals surface area contributed by atoms with Crippen molar-refractivity contribution in [3.05, 3.63) is 28.2 Å². The molecule has 20 heavy (non-hydrogen) atoms. The normalized spacial score (nSPS) is 24.1. The zero-order valence-electron chi connectivity index (χ0n) is 11.4. The minimum absolute atomic E-state index is 0.253. The summed E-state index contributed by atoms with van der Waals surface area (Å²) in [4.78, 5) is 11.1. The van der Waals surface area contributed by atoms with Crippen LogP contribution in [0.25, 0.3) is 0 Å². The van der Waals surface area contributed by atoms with E-state index in [0.717, 1.165) is 10.9 Å². The Bertz CT molecular complexity index is 520. The molecule has 2 saturated carbocycles. The van der Waals surface area contributed by atoms with Gasteiger partial charge in [-0.15, -0.1) is 0 Å². The topological polar surface area (TPSA) is 46.5 Å². The van der Waals surface area contributed by atoms with Gasteiger partial charge in [-0.1, -0.05) is 19.3 Å². The maximum Gasteiger partial charge on any atom is 0.335 e. The largest absolute Gasteiger partial charge is 0.489 e. The highest BCUT2D eigenvalue weighted by Crippen LogP contribution is 2.53. The van der Waals surface area contributed by atoms with E-state index >= 15 is 0 Å². The van der Waals surface area contributed by atoms with Crippen LogP contribution in [0.1, 0.15) is 55.3 Å². The van der Waals surface area contributed by atoms with Gasteiger partial charge >= 0.3 is 5.97 Å². The van der Waals surface area contributed by atoms with E-state index in [2.05, 4.69) is 15.9 Å². The van der Waals surface area contributed by atoms with Crippen LogP contribution in [-0.2, 0) is 0 Å². The molecule has 4 heteroatoms. The number of ether oxygens (including phenoxy) is 1. The third-order valence-electron chi connectivity index (χ3n) is 4.88. The molecule has 0 aromatic heterocycles. The van der Waals surface area contributed by atoms with E-state index in [0.29, 0.717) is 11.2 Å². The molecule has 1 N–H and O–H groups in total. The second-order valence-corrected chi connectivity index (χ2v) is 6.87. The van der Waals surface area contributed by atoms with Gasteiger partial charge < -0.3 is 9.84 Å². The third kappa shape index (κ3) is 2.46. The molecule has 108 valence electrons. The van der Waals surface area contributed by atoms with Crippen LogP contribution < -0.4 is 4.74 Å². The van der Waals surface area contributed by atoms with Crippen LogP contribution in [0.5, 0.6) is 5.75 Å². The van der Waals surface area contributed by atoms with Gasteiger partial charge in [0.1, 0.15) is 11.9 Å². The lowest BCUT2D eigenvalue weighted by atomic mass is 9.58. The van der Waals surface area contributed by atoms with Crippen molar-refractivity contribution in [1.29, 1.82) is 0 Å². The Morgan fingerprint density at radius 1 is 1.25 bits per heavy atom. The molecular weight excluding hydrogens is 320 g/mol. The van der Waals surface area contributed by atoms with Crippen LogP contribution in [-0.4, -0.2) is 17.2 Å². The van der Waals surface area contributed by atoms with Gasteiger partial charge in [-0.05, 0) is 59.8 Å². The number of rotatable bonds is 3. The number of carboxylic acids is 1. The number of benzene rings is 1. The molecule has 1 spiro atoms. The van der Waals surface area contributed by atoms with Gasteiger partial charge in [-0.25, -0.2) is 4.79 Å². The van der Waals surface area contributed by atoms with E-state index in [4.69, 9.17) is 9.84 Å². The quantitative estimate of drug-likeness (QED) is 0.873. The molecule has 2 fully saturated rings. The maximum absolute atomic E-state index is 11.1. The average Bonchev–Trinajstić information content (AvgIpc) is 2.45. The minimum Gasteiger partial charge on any atom is -0.489 e. The van der Waals surface area contributed by atoms with Gasteiger partial charge in [-0.3, -0.25) is 0 Å². The Morgan fingerprint density at radius 3 is 2.60 bits per heavy atom. The summed E-state index contributed by atoms with van der Waals surface area (Å²) in [6, 6.07) is 4.97. The SMILES string of the molecule is O=C(O)c1ccc(Br)c(OC2CCC23CCCCC3)c1. The molecule has 2 aliphatic rings. The van der Waals surface area contributed by atoms with Crippen molar-refractivity contribution in [2.75, 3.05) is 0 Å². The molecule has 0 radical (unpaired) electrons. The lowest BCUT2D eigenvalue weighted by molar-refractivity contribution is -0.0707. The number of hydrogen-bond acceptors (Lipinski definition) is 2. The lowest BCUT2D eigenvalue weighted by Crippen LogP contribution is -2.49. The van der Waals surface area contributed by atoms with Crippen molar-refractivity contribution in [2.45, 2.75) is 51.0 Å². The Hall–Kier alpha value is -1.03. The fourth-order valence-corrected chi connectivity index (χ4v) is 3.90. The molecule has 2 aliphatic carbocycles. The van der Waals surface area contributed by atoms with Gasteiger partial charge in [0.25, 0.3) is 0 Å². The van der Waals surface area contributed by atoms with E-state index in [-0.39, 0.29) is 11.7 Å². The van der Waals surface area contributed by atoms with Crippen LogP contribution >= 0.6 is 15.9 Å². The van der Waals surface area contributed by atoms with Crippen LogP contribution in [0.4, 0.5) is 0 Å². The molecular formula is C16H19BrO3. The maximum atomic E-state index is 11.1. The molecule has 0 heterocycles. The highest BCUT2D eigenvalue weighted by atomic mass is 79.9. The second-order valence-electron chi connectivity index (χ2n) is 6.02. The smallest absolute Gasteiger partial charge is 0.335 e. The predicted octanol–water partition coefficient (Wildman–Crippen LogP) is 4.64. The molecule has 1 atom stereocenters. The van der Waals surface area contributed by atoms with Crippen LogP contribution in [0.2, 0.25) is 0 Å². The first-order valence-electron chi connectivity index (χ1n) is 7.30. The Morgan fingerprint density at radius 2 is 2.00 bits per heavy atom. The van der Waals surface area contributed by atoms with Crippen molar-refractivity contribution >= 4 is 21.9 Å². The average molecular weight is 339 g/mol. The standard InChI is InChI=1S/C16H19BrO3/c17-12-5-4-11(15(18)19)10-13(12)20-14-6-9-16(14)7-2-1-3-8-16/h4-5,10,14H,1-3,6-9H2,(H,18,19). The number of carbonyl (C=O) groups is 1. The van der Waals surface area contributed by atoms with Crippen molar-refractivity contribution < 1.29 is 14.6 Å². The summed E-state index contributed by atoms with van der Waals surface area (Å²) in [6.45, 7) is 0.